The van der Waals surface area contributed by atoms with Crippen LogP contribution in [-0.2, 0) is 13.1 Å². The van der Waals surface area contributed by atoms with Crippen molar-refractivity contribution in [1.29, 1.82) is 0 Å². The summed E-state index contributed by atoms with van der Waals surface area (Å²) in [5.74, 6) is 0.674. The van der Waals surface area contributed by atoms with E-state index in [1.165, 1.54) is 24.3 Å². The van der Waals surface area contributed by atoms with E-state index in [2.05, 4.69) is 5.16 Å². The highest BCUT2D eigenvalue weighted by Gasteiger charge is 2.20. The molecule has 0 fully saturated rings. The minimum absolute atomic E-state index is 0.242. The number of carbonyl (C=O) groups is 1. The van der Waals surface area contributed by atoms with Crippen molar-refractivity contribution in [3.8, 4) is 10.6 Å². The Morgan fingerprint density at radius 2 is 1.96 bits per heavy atom. The van der Waals surface area contributed by atoms with Crippen molar-refractivity contribution in [1.82, 2.24) is 10.1 Å². The zero-order chi connectivity index (χ0) is 18.6. The van der Waals surface area contributed by atoms with Gasteiger partial charge in [-0.15, -0.1) is 11.3 Å². The van der Waals surface area contributed by atoms with Crippen LogP contribution in [0.1, 0.15) is 21.8 Å². The smallest absolute Gasteiger partial charge is 0.254 e. The average molecular weight is 382 g/mol. The minimum Gasteiger partial charge on any atom is -0.467 e. The van der Waals surface area contributed by atoms with Crippen LogP contribution in [0.3, 0.4) is 0 Å². The number of thiophene rings is 1. The van der Waals surface area contributed by atoms with Crippen LogP contribution in [0.25, 0.3) is 10.6 Å². The lowest BCUT2D eigenvalue weighted by atomic mass is 10.2. The summed E-state index contributed by atoms with van der Waals surface area (Å²) in [5, 5.41) is 6.04. The van der Waals surface area contributed by atoms with Crippen molar-refractivity contribution in [2.45, 2.75) is 13.1 Å². The summed E-state index contributed by atoms with van der Waals surface area (Å²) in [6.45, 7) is 0.510. The van der Waals surface area contributed by atoms with Crippen molar-refractivity contribution < 1.29 is 18.1 Å². The predicted molar refractivity (Wildman–Crippen MR) is 98.5 cm³/mol. The minimum atomic E-state index is -0.388. The summed E-state index contributed by atoms with van der Waals surface area (Å²) in [7, 11) is 0. The number of benzene rings is 1. The van der Waals surface area contributed by atoms with Crippen molar-refractivity contribution in [3.05, 3.63) is 89.1 Å². The maximum Gasteiger partial charge on any atom is 0.254 e. The van der Waals surface area contributed by atoms with E-state index in [4.69, 9.17) is 8.94 Å². The van der Waals surface area contributed by atoms with Gasteiger partial charge in [0.05, 0.1) is 24.2 Å². The van der Waals surface area contributed by atoms with Crippen LogP contribution in [0.5, 0.6) is 0 Å². The molecule has 3 heterocycles. The van der Waals surface area contributed by atoms with Crippen LogP contribution >= 0.6 is 11.3 Å². The molecular weight excluding hydrogens is 367 g/mol. The van der Waals surface area contributed by atoms with Gasteiger partial charge in [-0.3, -0.25) is 4.79 Å². The Morgan fingerprint density at radius 3 is 2.67 bits per heavy atom. The third kappa shape index (κ3) is 3.98. The Hall–Kier alpha value is -3.19. The Bertz CT molecular complexity index is 1010. The topological polar surface area (TPSA) is 59.5 Å². The zero-order valence-electron chi connectivity index (χ0n) is 14.2. The lowest BCUT2D eigenvalue weighted by Crippen LogP contribution is -2.30. The van der Waals surface area contributed by atoms with E-state index in [1.54, 1.807) is 34.6 Å². The molecule has 5 nitrogen and oxygen atoms in total. The molecule has 27 heavy (non-hydrogen) atoms. The molecule has 0 N–H and O–H groups in total. The molecule has 0 aliphatic carbocycles. The van der Waals surface area contributed by atoms with Gasteiger partial charge in [0.15, 0.2) is 5.76 Å². The Morgan fingerprint density at radius 1 is 1.11 bits per heavy atom. The Balaban J connectivity index is 1.58. The molecule has 0 unspecified atom stereocenters. The Labute approximate surface area is 158 Å². The van der Waals surface area contributed by atoms with Crippen LogP contribution in [-0.4, -0.2) is 16.0 Å². The summed E-state index contributed by atoms with van der Waals surface area (Å²) < 4.78 is 23.9. The first-order valence-corrected chi connectivity index (χ1v) is 9.14. The lowest BCUT2D eigenvalue weighted by molar-refractivity contribution is 0.0713. The second kappa shape index (κ2) is 7.59. The summed E-state index contributed by atoms with van der Waals surface area (Å²) in [6, 6.07) is 14.7. The number of nitrogens with zero attached hydrogens (tertiary/aromatic N) is 2. The molecule has 0 atom stereocenters. The largest absolute Gasteiger partial charge is 0.467 e. The van der Waals surface area contributed by atoms with Gasteiger partial charge in [0.1, 0.15) is 17.3 Å². The van der Waals surface area contributed by atoms with Gasteiger partial charge >= 0.3 is 0 Å². The lowest BCUT2D eigenvalue weighted by Gasteiger charge is -2.20. The van der Waals surface area contributed by atoms with Crippen molar-refractivity contribution >= 4 is 17.2 Å². The van der Waals surface area contributed by atoms with Gasteiger partial charge < -0.3 is 13.8 Å². The molecule has 0 radical (unpaired) electrons. The van der Waals surface area contributed by atoms with Gasteiger partial charge in [-0.25, -0.2) is 4.39 Å². The molecule has 0 spiro atoms. The van der Waals surface area contributed by atoms with Gasteiger partial charge in [0.2, 0.25) is 0 Å². The molecular formula is C20H15FN2O3S. The van der Waals surface area contributed by atoms with Crippen LogP contribution in [0.15, 0.2) is 75.2 Å². The maximum atomic E-state index is 13.2. The molecule has 3 aromatic heterocycles. The normalized spacial score (nSPS) is 10.9. The van der Waals surface area contributed by atoms with Crippen molar-refractivity contribution in [2.24, 2.45) is 0 Å². The molecule has 0 saturated carbocycles. The van der Waals surface area contributed by atoms with Crippen LogP contribution in [0, 0.1) is 5.82 Å². The van der Waals surface area contributed by atoms with E-state index in [0.717, 1.165) is 4.88 Å². The molecule has 0 bridgehead atoms. The number of aromatic nitrogens is 1. The molecule has 4 aromatic rings. The predicted octanol–water partition coefficient (Wildman–Crippen LogP) is 4.98. The SMILES string of the molecule is O=C(c1ccc(F)cc1)N(Cc1cc(-c2cccs2)on1)Cc1ccco1. The van der Waals surface area contributed by atoms with Crippen LogP contribution in [0.2, 0.25) is 0 Å². The molecule has 1 amide bonds. The quantitative estimate of drug-likeness (QED) is 0.472. The highest BCUT2D eigenvalue weighted by Crippen LogP contribution is 2.26. The molecule has 1 aromatic carbocycles. The van der Waals surface area contributed by atoms with E-state index in [-0.39, 0.29) is 24.8 Å². The van der Waals surface area contributed by atoms with Gasteiger partial charge in [-0.1, -0.05) is 11.2 Å². The van der Waals surface area contributed by atoms with Crippen LogP contribution in [0.4, 0.5) is 4.39 Å². The standard InChI is InChI=1S/C20H15FN2O3S/c21-15-7-5-14(6-8-15)20(24)23(13-17-3-1-9-25-17)12-16-11-18(26-22-16)19-4-2-10-27-19/h1-11H,12-13H2. The zero-order valence-corrected chi connectivity index (χ0v) is 15.0. The number of hydrogen-bond donors (Lipinski definition) is 0. The summed E-state index contributed by atoms with van der Waals surface area (Å²) in [5.41, 5.74) is 1.02. The number of rotatable bonds is 6. The number of amides is 1. The first kappa shape index (κ1) is 17.2. The number of halogens is 1. The van der Waals surface area contributed by atoms with Crippen molar-refractivity contribution in [2.75, 3.05) is 0 Å². The summed E-state index contributed by atoms with van der Waals surface area (Å²) in [4.78, 5) is 15.5. The van der Waals surface area contributed by atoms with Crippen LogP contribution < -0.4 is 0 Å². The molecule has 4 rings (SSSR count). The molecule has 0 aliphatic rings. The van der Waals surface area contributed by atoms with E-state index in [9.17, 15) is 9.18 Å². The summed E-state index contributed by atoms with van der Waals surface area (Å²) >= 11 is 1.55. The molecule has 0 aliphatic heterocycles. The van der Waals surface area contributed by atoms with Gasteiger partial charge in [-0.05, 0) is 47.8 Å². The maximum absolute atomic E-state index is 13.2. The second-order valence-electron chi connectivity index (χ2n) is 5.91. The van der Waals surface area contributed by atoms with E-state index < -0.39 is 0 Å². The average Bonchev–Trinajstić information content (AvgIpc) is 3.43. The molecule has 7 heteroatoms. The first-order valence-electron chi connectivity index (χ1n) is 8.26. The fourth-order valence-corrected chi connectivity index (χ4v) is 3.36. The third-order valence-corrected chi connectivity index (χ3v) is 4.87. The van der Waals surface area contributed by atoms with E-state index in [0.29, 0.717) is 22.8 Å². The van der Waals surface area contributed by atoms with E-state index >= 15 is 0 Å². The van der Waals surface area contributed by atoms with Crippen molar-refractivity contribution in [3.63, 3.8) is 0 Å². The molecule has 0 saturated heterocycles. The number of furan rings is 1. The second-order valence-corrected chi connectivity index (χ2v) is 6.85. The Kier molecular flexibility index (Phi) is 4.84. The first-order chi connectivity index (χ1) is 13.2. The highest BCUT2D eigenvalue weighted by molar-refractivity contribution is 7.13. The fraction of sp³-hybridized carbons (Fsp3) is 0.100. The number of hydrogen-bond acceptors (Lipinski definition) is 5. The summed E-state index contributed by atoms with van der Waals surface area (Å²) in [6.07, 6.45) is 1.56. The van der Waals surface area contributed by atoms with Gasteiger partial charge in [0, 0.05) is 11.6 Å². The fourth-order valence-electron chi connectivity index (χ4n) is 2.68. The third-order valence-electron chi connectivity index (χ3n) is 3.98. The highest BCUT2D eigenvalue weighted by atomic mass is 32.1. The van der Waals surface area contributed by atoms with E-state index in [1.807, 2.05) is 23.6 Å². The monoisotopic (exact) mass is 382 g/mol. The van der Waals surface area contributed by atoms with Gasteiger partial charge in [0.25, 0.3) is 5.91 Å². The van der Waals surface area contributed by atoms with Gasteiger partial charge in [-0.2, -0.15) is 0 Å². The number of carbonyl (C=O) groups excluding carboxylic acids is 1. The molecule has 136 valence electrons.